The molecule has 0 spiro atoms. The summed E-state index contributed by atoms with van der Waals surface area (Å²) in [4.78, 5) is 0. The van der Waals surface area contributed by atoms with Gasteiger partial charge in [-0.05, 0) is 0 Å². The molecule has 0 aliphatic carbocycles. The maximum absolute atomic E-state index is 4.00. The lowest BCUT2D eigenvalue weighted by molar-refractivity contribution is 1.50. The summed E-state index contributed by atoms with van der Waals surface area (Å²) in [5, 5.41) is 0. The highest BCUT2D eigenvalue weighted by atomic mass is 13.0. The summed E-state index contributed by atoms with van der Waals surface area (Å²) in [6.45, 7) is 10.0. The zero-order valence-electron chi connectivity index (χ0n) is 6.57. The Morgan fingerprint density at radius 1 is 1.17 bits per heavy atom. The van der Waals surface area contributed by atoms with Crippen molar-refractivity contribution >= 4 is 0 Å². The molecule has 0 rings (SSSR count). The van der Waals surface area contributed by atoms with E-state index < -0.39 is 0 Å². The molecule has 0 aliphatic heterocycles. The molecule has 0 heterocycles. The highest BCUT2D eigenvalue weighted by molar-refractivity contribution is 4.47. The molecule has 36 valence electrons. The standard InChI is InChI=1S/C2H6.C2H4.C2H2/c3*1-2/h1-2H3;1-2H2;1-2H/p+2. The van der Waals surface area contributed by atoms with E-state index in [0.29, 0.717) is 0 Å². The molecular formula is C6H14+2. The predicted octanol–water partition coefficient (Wildman–Crippen LogP) is 2.30. The van der Waals surface area contributed by atoms with E-state index in [4.69, 9.17) is 0 Å². The summed E-state index contributed by atoms with van der Waals surface area (Å²) in [6.07, 6.45) is 8.00. The van der Waals surface area contributed by atoms with Gasteiger partial charge in [-0.1, -0.05) is 13.8 Å². The SMILES string of the molecule is C#C.C=C.CC.[H+].[H+]. The lowest BCUT2D eigenvalue weighted by Crippen LogP contribution is -0.856. The highest BCUT2D eigenvalue weighted by Gasteiger charge is 0.932. The molecule has 0 unspecified atom stereocenters. The molecule has 0 nitrogen and oxygen atoms in total. The first-order valence-electron chi connectivity index (χ1n) is 1.83. The molecule has 0 aromatic carbocycles. The van der Waals surface area contributed by atoms with Crippen molar-refractivity contribution in [1.29, 1.82) is 0 Å². The van der Waals surface area contributed by atoms with Gasteiger partial charge in [-0.2, -0.15) is 0 Å². The second-order valence-electron chi connectivity index (χ2n) is 0. The van der Waals surface area contributed by atoms with Gasteiger partial charge in [0.05, 0.1) is 0 Å². The number of hydrogen-bond donors (Lipinski definition) is 0. The van der Waals surface area contributed by atoms with Crippen molar-refractivity contribution in [2.75, 3.05) is 0 Å². The predicted molar refractivity (Wildman–Crippen MR) is 34.7 cm³/mol. The van der Waals surface area contributed by atoms with Crippen LogP contribution in [0.4, 0.5) is 0 Å². The third kappa shape index (κ3) is 35.6. The third-order valence-corrected chi connectivity index (χ3v) is 0. The fraction of sp³-hybridized carbons (Fsp3) is 0.333. The normalized spacial score (nSPS) is 2.00. The molecule has 0 heteroatoms. The summed E-state index contributed by atoms with van der Waals surface area (Å²) in [5.41, 5.74) is 0. The van der Waals surface area contributed by atoms with Gasteiger partial charge in [0.15, 0.2) is 0 Å². The van der Waals surface area contributed by atoms with Gasteiger partial charge in [-0.25, -0.2) is 0 Å². The van der Waals surface area contributed by atoms with E-state index in [2.05, 4.69) is 26.0 Å². The van der Waals surface area contributed by atoms with Crippen molar-refractivity contribution in [2.45, 2.75) is 13.8 Å². The van der Waals surface area contributed by atoms with Crippen LogP contribution in [0.15, 0.2) is 13.2 Å². The van der Waals surface area contributed by atoms with E-state index in [1.165, 1.54) is 0 Å². The fourth-order valence-electron chi connectivity index (χ4n) is 0. The number of terminal acetylenes is 1. The van der Waals surface area contributed by atoms with E-state index in [-0.39, 0.29) is 2.85 Å². The van der Waals surface area contributed by atoms with E-state index in [1.807, 2.05) is 13.8 Å². The van der Waals surface area contributed by atoms with Crippen LogP contribution >= 0.6 is 0 Å². The first-order chi connectivity index (χ1) is 3.00. The summed E-state index contributed by atoms with van der Waals surface area (Å²) in [6, 6.07) is 0. The Morgan fingerprint density at radius 3 is 1.17 bits per heavy atom. The van der Waals surface area contributed by atoms with Crippen molar-refractivity contribution < 1.29 is 2.85 Å². The molecule has 0 radical (unpaired) electrons. The van der Waals surface area contributed by atoms with Crippen LogP contribution in [0.25, 0.3) is 0 Å². The first-order valence-corrected chi connectivity index (χ1v) is 1.83. The molecule has 0 fully saturated rings. The van der Waals surface area contributed by atoms with Crippen LogP contribution in [-0.4, -0.2) is 0 Å². The van der Waals surface area contributed by atoms with Crippen molar-refractivity contribution in [3.05, 3.63) is 13.2 Å². The lowest BCUT2D eigenvalue weighted by atomic mass is 11.0. The van der Waals surface area contributed by atoms with Gasteiger partial charge in [-0.3, -0.25) is 0 Å². The molecule has 0 N–H and O–H groups in total. The second kappa shape index (κ2) is 95.6. The van der Waals surface area contributed by atoms with Gasteiger partial charge in [0, 0.05) is 0 Å². The zero-order chi connectivity index (χ0) is 6.00. The number of hydrogen-bond acceptors (Lipinski definition) is 0. The molecule has 0 aromatic heterocycles. The zero-order valence-corrected chi connectivity index (χ0v) is 4.57. The molecule has 0 saturated carbocycles. The minimum Gasteiger partial charge on any atom is -0.124 e. The van der Waals surface area contributed by atoms with Gasteiger partial charge in [0.1, 0.15) is 0 Å². The Labute approximate surface area is 43.9 Å². The molecule has 0 aromatic rings. The Balaban J connectivity index is -0.00000000500. The van der Waals surface area contributed by atoms with Gasteiger partial charge in [-0.15, -0.1) is 26.0 Å². The smallest absolute Gasteiger partial charge is 0.124 e. The van der Waals surface area contributed by atoms with E-state index in [1.54, 1.807) is 0 Å². The Hall–Kier alpha value is -0.700. The Morgan fingerprint density at radius 2 is 1.17 bits per heavy atom. The van der Waals surface area contributed by atoms with Crippen molar-refractivity contribution in [3.63, 3.8) is 0 Å². The van der Waals surface area contributed by atoms with Crippen LogP contribution in [-0.2, 0) is 0 Å². The Bertz CT molecular complexity index is 17.7. The third-order valence-electron chi connectivity index (χ3n) is 0. The highest BCUT2D eigenvalue weighted by Crippen LogP contribution is 1.14. The van der Waals surface area contributed by atoms with Gasteiger partial charge in [0.2, 0.25) is 0 Å². The van der Waals surface area contributed by atoms with Crippen molar-refractivity contribution in [1.82, 2.24) is 0 Å². The Kier molecular flexibility index (Phi) is 295. The summed E-state index contributed by atoms with van der Waals surface area (Å²) < 4.78 is 0. The van der Waals surface area contributed by atoms with Crippen LogP contribution in [0.2, 0.25) is 0 Å². The van der Waals surface area contributed by atoms with Crippen LogP contribution in [0.5, 0.6) is 0 Å². The van der Waals surface area contributed by atoms with Gasteiger partial charge in [0.25, 0.3) is 0 Å². The minimum absolute atomic E-state index is 0. The fourth-order valence-corrected chi connectivity index (χ4v) is 0. The van der Waals surface area contributed by atoms with Crippen molar-refractivity contribution in [2.24, 2.45) is 0 Å². The van der Waals surface area contributed by atoms with Crippen molar-refractivity contribution in [3.8, 4) is 12.8 Å². The maximum atomic E-state index is 4.00. The van der Waals surface area contributed by atoms with Crippen LogP contribution in [0.3, 0.4) is 0 Å². The van der Waals surface area contributed by atoms with E-state index >= 15 is 0 Å². The summed E-state index contributed by atoms with van der Waals surface area (Å²) in [5.74, 6) is 0. The first kappa shape index (κ1) is 18.5. The average molecular weight is 86.2 g/mol. The van der Waals surface area contributed by atoms with Crippen LogP contribution < -0.4 is 0 Å². The molecular weight excluding hydrogens is 72.1 g/mol. The molecule has 0 amide bonds. The van der Waals surface area contributed by atoms with Crippen LogP contribution in [0.1, 0.15) is 16.7 Å². The summed E-state index contributed by atoms with van der Waals surface area (Å²) in [7, 11) is 0. The second-order valence-corrected chi connectivity index (χ2v) is 0. The quantitative estimate of drug-likeness (QED) is 0.313. The van der Waals surface area contributed by atoms with Gasteiger partial charge >= 0.3 is 2.85 Å². The maximum Gasteiger partial charge on any atom is 1.00 e. The minimum atomic E-state index is 0. The monoisotopic (exact) mass is 86.1 g/mol. The molecule has 0 bridgehead atoms. The van der Waals surface area contributed by atoms with Crippen LogP contribution in [0, 0.1) is 12.8 Å². The molecule has 6 heavy (non-hydrogen) atoms. The topological polar surface area (TPSA) is 0 Å². The summed E-state index contributed by atoms with van der Waals surface area (Å²) >= 11 is 0. The molecule has 0 saturated heterocycles. The lowest BCUT2D eigenvalue weighted by Gasteiger charge is -1.07. The van der Waals surface area contributed by atoms with E-state index in [9.17, 15) is 0 Å². The number of rotatable bonds is 0. The molecule has 0 atom stereocenters. The van der Waals surface area contributed by atoms with E-state index in [0.717, 1.165) is 0 Å². The average Bonchev–Trinajstić information content (AvgIpc) is 1.81. The molecule has 0 aliphatic rings. The largest absolute Gasteiger partial charge is 1.00 e. The van der Waals surface area contributed by atoms with Gasteiger partial charge < -0.3 is 0 Å².